The number of hydrogen-bond donors (Lipinski definition) is 0. The first-order valence-electron chi connectivity index (χ1n) is 9.05. The topological polar surface area (TPSA) is 65.7 Å². The molecule has 0 saturated heterocycles. The summed E-state index contributed by atoms with van der Waals surface area (Å²) in [5.74, 6) is 1.02. The van der Waals surface area contributed by atoms with Crippen LogP contribution in [-0.2, 0) is 6.42 Å². The van der Waals surface area contributed by atoms with Crippen molar-refractivity contribution in [3.8, 4) is 11.5 Å². The highest BCUT2D eigenvalue weighted by Crippen LogP contribution is 2.48. The molecule has 2 aliphatic heterocycles. The van der Waals surface area contributed by atoms with Crippen LogP contribution in [-0.4, -0.2) is 17.5 Å². The molecule has 0 spiro atoms. The molecule has 136 valence electrons. The fourth-order valence-electron chi connectivity index (χ4n) is 3.73. The van der Waals surface area contributed by atoms with E-state index < -0.39 is 11.2 Å². The normalized spacial score (nSPS) is 20.3. The first-order valence-corrected chi connectivity index (χ1v) is 9.05. The quantitative estimate of drug-likeness (QED) is 0.753. The minimum Gasteiger partial charge on any atom is -0.489 e. The lowest BCUT2D eigenvalue weighted by molar-refractivity contribution is 0.0869. The number of Topliss-reactive ketones (excluding diaryl/α,β-unsaturated/α-hetero) is 1. The predicted octanol–water partition coefficient (Wildman–Crippen LogP) is 4.28. The number of carbonyl (C=O) groups is 1. The van der Waals surface area contributed by atoms with Gasteiger partial charge in [-0.1, -0.05) is 13.3 Å². The van der Waals surface area contributed by atoms with Crippen molar-refractivity contribution >= 4 is 22.8 Å². The van der Waals surface area contributed by atoms with Crippen molar-refractivity contribution in [2.45, 2.75) is 58.7 Å². The first-order chi connectivity index (χ1) is 12.3. The van der Waals surface area contributed by atoms with E-state index in [1.54, 1.807) is 0 Å². The lowest BCUT2D eigenvalue weighted by Gasteiger charge is -2.33. The number of fused-ring (bicyclic) bond motifs is 6. The number of rotatable bonds is 2. The number of hydrogen-bond acceptors (Lipinski definition) is 5. The van der Waals surface area contributed by atoms with Crippen molar-refractivity contribution in [2.75, 3.05) is 0 Å². The molecule has 0 N–H and O–H groups in total. The molecule has 0 fully saturated rings. The van der Waals surface area contributed by atoms with E-state index in [0.717, 1.165) is 17.5 Å². The molecular weight excluding hydrogens is 332 g/mol. The van der Waals surface area contributed by atoms with Gasteiger partial charge < -0.3 is 13.9 Å². The second-order valence-corrected chi connectivity index (χ2v) is 7.59. The summed E-state index contributed by atoms with van der Waals surface area (Å²) in [4.78, 5) is 25.0. The monoisotopic (exact) mass is 354 g/mol. The smallest absolute Gasteiger partial charge is 0.336 e. The Morgan fingerprint density at radius 2 is 2.00 bits per heavy atom. The Morgan fingerprint density at radius 1 is 1.23 bits per heavy atom. The molecule has 0 bridgehead atoms. The third-order valence-corrected chi connectivity index (χ3v) is 4.82. The van der Waals surface area contributed by atoms with Crippen LogP contribution in [0, 0.1) is 0 Å². The maximum absolute atomic E-state index is 12.8. The number of aryl methyl sites for hydroxylation is 1. The lowest BCUT2D eigenvalue weighted by Crippen LogP contribution is -2.30. The van der Waals surface area contributed by atoms with Gasteiger partial charge in [0.15, 0.2) is 11.4 Å². The summed E-state index contributed by atoms with van der Waals surface area (Å²) in [6, 6.07) is 1.50. The van der Waals surface area contributed by atoms with Gasteiger partial charge in [-0.3, -0.25) is 4.79 Å². The summed E-state index contributed by atoms with van der Waals surface area (Å²) < 4.78 is 17.8. The molecule has 2 aromatic rings. The zero-order chi connectivity index (χ0) is 18.6. The zero-order valence-electron chi connectivity index (χ0n) is 15.5. The molecule has 0 saturated carbocycles. The van der Waals surface area contributed by atoms with Crippen molar-refractivity contribution in [3.05, 3.63) is 39.3 Å². The van der Waals surface area contributed by atoms with E-state index in [9.17, 15) is 9.59 Å². The van der Waals surface area contributed by atoms with Crippen LogP contribution in [0.25, 0.3) is 17.0 Å². The van der Waals surface area contributed by atoms with Crippen LogP contribution in [0.15, 0.2) is 21.4 Å². The predicted molar refractivity (Wildman–Crippen MR) is 99.3 cm³/mol. The van der Waals surface area contributed by atoms with Crippen LogP contribution in [0.1, 0.15) is 62.0 Å². The van der Waals surface area contributed by atoms with Crippen molar-refractivity contribution in [1.29, 1.82) is 0 Å². The number of ketones is 1. The molecule has 5 heteroatoms. The fraction of sp³-hybridized carbons (Fsp3) is 0.429. The van der Waals surface area contributed by atoms with Crippen molar-refractivity contribution in [2.24, 2.45) is 0 Å². The Hall–Kier alpha value is -2.56. The van der Waals surface area contributed by atoms with Gasteiger partial charge in [0.25, 0.3) is 0 Å². The first kappa shape index (κ1) is 16.9. The Kier molecular flexibility index (Phi) is 3.72. The standard InChI is InChI=1S/C21H22O5/c1-5-6-12-10-15(23)25-20-16(12)19-13(7-8-21(3,4)26-19)18-17(20)14(22)9-11(2)24-18/h7-8,10-11H,5-6,9H2,1-4H3/t11-/m1/s1. The van der Waals surface area contributed by atoms with Crippen LogP contribution >= 0.6 is 0 Å². The highest BCUT2D eigenvalue weighted by Gasteiger charge is 2.36. The Balaban J connectivity index is 2.18. The van der Waals surface area contributed by atoms with Crippen LogP contribution < -0.4 is 15.1 Å². The van der Waals surface area contributed by atoms with Gasteiger partial charge >= 0.3 is 5.63 Å². The summed E-state index contributed by atoms with van der Waals surface area (Å²) in [7, 11) is 0. The zero-order valence-corrected chi connectivity index (χ0v) is 15.5. The van der Waals surface area contributed by atoms with Crippen molar-refractivity contribution in [3.63, 3.8) is 0 Å². The van der Waals surface area contributed by atoms with Gasteiger partial charge in [0.1, 0.15) is 28.8 Å². The van der Waals surface area contributed by atoms with Crippen LogP contribution in [0.4, 0.5) is 0 Å². The van der Waals surface area contributed by atoms with E-state index in [0.29, 0.717) is 28.9 Å². The van der Waals surface area contributed by atoms with Gasteiger partial charge in [0.2, 0.25) is 0 Å². The van der Waals surface area contributed by atoms with E-state index in [-0.39, 0.29) is 23.9 Å². The summed E-state index contributed by atoms with van der Waals surface area (Å²) in [5, 5.41) is 0.712. The lowest BCUT2D eigenvalue weighted by atomic mass is 9.90. The molecule has 1 aromatic heterocycles. The molecule has 2 aliphatic rings. The number of ether oxygens (including phenoxy) is 2. The summed E-state index contributed by atoms with van der Waals surface area (Å²) in [6.07, 6.45) is 5.50. The molecule has 0 amide bonds. The summed E-state index contributed by atoms with van der Waals surface area (Å²) in [6.45, 7) is 7.83. The average molecular weight is 354 g/mol. The molecular formula is C21H22O5. The molecule has 1 aromatic carbocycles. The second kappa shape index (κ2) is 5.73. The maximum Gasteiger partial charge on any atom is 0.336 e. The van der Waals surface area contributed by atoms with Gasteiger partial charge in [0.05, 0.1) is 10.9 Å². The van der Waals surface area contributed by atoms with Gasteiger partial charge in [-0.2, -0.15) is 0 Å². The maximum atomic E-state index is 12.8. The van der Waals surface area contributed by atoms with E-state index in [2.05, 4.69) is 0 Å². The summed E-state index contributed by atoms with van der Waals surface area (Å²) in [5.41, 5.74) is 1.28. The second-order valence-electron chi connectivity index (χ2n) is 7.59. The minimum absolute atomic E-state index is 0.0680. The number of carbonyl (C=O) groups excluding carboxylic acids is 1. The molecule has 5 nitrogen and oxygen atoms in total. The Morgan fingerprint density at radius 3 is 2.73 bits per heavy atom. The van der Waals surface area contributed by atoms with Crippen LogP contribution in [0.2, 0.25) is 0 Å². The minimum atomic E-state index is -0.502. The van der Waals surface area contributed by atoms with E-state index in [1.807, 2.05) is 39.8 Å². The van der Waals surface area contributed by atoms with E-state index >= 15 is 0 Å². The highest BCUT2D eigenvalue weighted by molar-refractivity contribution is 6.13. The van der Waals surface area contributed by atoms with Crippen molar-refractivity contribution in [1.82, 2.24) is 0 Å². The molecule has 0 radical (unpaired) electrons. The largest absolute Gasteiger partial charge is 0.489 e. The van der Waals surface area contributed by atoms with E-state index in [1.165, 1.54) is 6.07 Å². The molecule has 0 aliphatic carbocycles. The van der Waals surface area contributed by atoms with Gasteiger partial charge in [-0.25, -0.2) is 4.79 Å². The van der Waals surface area contributed by atoms with Crippen LogP contribution in [0.5, 0.6) is 11.5 Å². The van der Waals surface area contributed by atoms with Crippen molar-refractivity contribution < 1.29 is 18.7 Å². The van der Waals surface area contributed by atoms with E-state index in [4.69, 9.17) is 13.9 Å². The average Bonchev–Trinajstić information content (AvgIpc) is 2.52. The third-order valence-electron chi connectivity index (χ3n) is 4.82. The third kappa shape index (κ3) is 2.54. The fourth-order valence-corrected chi connectivity index (χ4v) is 3.73. The SMILES string of the molecule is CCCc1cc(=O)oc2c3c(c4c(c12)OC(C)(C)C=C4)O[C@H](C)CC3=O. The van der Waals surface area contributed by atoms with Gasteiger partial charge in [-0.15, -0.1) is 0 Å². The van der Waals surface area contributed by atoms with Gasteiger partial charge in [0, 0.05) is 12.5 Å². The van der Waals surface area contributed by atoms with Gasteiger partial charge in [-0.05, 0) is 44.9 Å². The molecule has 1 atom stereocenters. The highest BCUT2D eigenvalue weighted by atomic mass is 16.5. The molecule has 0 unspecified atom stereocenters. The molecule has 4 rings (SSSR count). The Bertz CT molecular complexity index is 1010. The summed E-state index contributed by atoms with van der Waals surface area (Å²) >= 11 is 0. The Labute approximate surface area is 151 Å². The number of benzene rings is 1. The molecule has 26 heavy (non-hydrogen) atoms. The molecule has 3 heterocycles. The van der Waals surface area contributed by atoms with Crippen LogP contribution in [0.3, 0.4) is 0 Å².